The first kappa shape index (κ1) is 14.6. The smallest absolute Gasteiger partial charge is 0.170 e. The Morgan fingerprint density at radius 2 is 2.00 bits per heavy atom. The van der Waals surface area contributed by atoms with E-state index < -0.39 is 9.84 Å². The van der Waals surface area contributed by atoms with Crippen molar-refractivity contribution in [2.45, 2.75) is 19.5 Å². The van der Waals surface area contributed by atoms with Crippen LogP contribution in [0.25, 0.3) is 5.69 Å². The molecule has 2 rings (SSSR count). The first-order valence-electron chi connectivity index (χ1n) is 6.19. The average Bonchev–Trinajstić information content (AvgIpc) is 2.83. The standard InChI is InChI=1S/C12H17N5O2S/c1-10(9-20(2,18)19)13-8-12-14-15-16-17(12)11-6-4-3-5-7-11/h3-7,10,13H,8-9H2,1-2H3. The van der Waals surface area contributed by atoms with Crippen molar-refractivity contribution < 1.29 is 8.42 Å². The maximum absolute atomic E-state index is 11.2. The molecule has 1 aromatic carbocycles. The number of rotatable bonds is 6. The Labute approximate surface area is 117 Å². The SMILES string of the molecule is CC(CS(C)(=O)=O)NCc1nnnn1-c1ccccc1. The lowest BCUT2D eigenvalue weighted by molar-refractivity contribution is 0.546. The molecule has 0 saturated carbocycles. The van der Waals surface area contributed by atoms with Crippen molar-refractivity contribution in [2.75, 3.05) is 12.0 Å². The van der Waals surface area contributed by atoms with Crippen molar-refractivity contribution >= 4 is 9.84 Å². The van der Waals surface area contributed by atoms with Crippen LogP contribution in [0.15, 0.2) is 30.3 Å². The summed E-state index contributed by atoms with van der Waals surface area (Å²) < 4.78 is 24.0. The molecule has 0 aliphatic rings. The van der Waals surface area contributed by atoms with Gasteiger partial charge in [0.15, 0.2) is 5.82 Å². The highest BCUT2D eigenvalue weighted by Gasteiger charge is 2.12. The van der Waals surface area contributed by atoms with Crippen LogP contribution in [0.1, 0.15) is 12.7 Å². The Hall–Kier alpha value is -1.80. The van der Waals surface area contributed by atoms with Gasteiger partial charge in [-0.1, -0.05) is 18.2 Å². The fraction of sp³-hybridized carbons (Fsp3) is 0.417. The predicted molar refractivity (Wildman–Crippen MR) is 75.2 cm³/mol. The van der Waals surface area contributed by atoms with Crippen molar-refractivity contribution in [3.63, 3.8) is 0 Å². The second kappa shape index (κ2) is 6.10. The Balaban J connectivity index is 2.03. The Bertz CT molecular complexity index is 653. The van der Waals surface area contributed by atoms with Crippen LogP contribution >= 0.6 is 0 Å². The third-order valence-corrected chi connectivity index (χ3v) is 3.80. The van der Waals surface area contributed by atoms with E-state index in [2.05, 4.69) is 20.8 Å². The summed E-state index contributed by atoms with van der Waals surface area (Å²) in [6.45, 7) is 2.22. The summed E-state index contributed by atoms with van der Waals surface area (Å²) in [6, 6.07) is 9.37. The first-order chi connectivity index (χ1) is 9.46. The molecule has 1 N–H and O–H groups in total. The van der Waals surface area contributed by atoms with Gasteiger partial charge in [0.05, 0.1) is 18.0 Å². The molecule has 0 aliphatic heterocycles. The molecule has 0 bridgehead atoms. The highest BCUT2D eigenvalue weighted by atomic mass is 32.2. The zero-order chi connectivity index (χ0) is 14.6. The number of aromatic nitrogens is 4. The summed E-state index contributed by atoms with van der Waals surface area (Å²) in [6.07, 6.45) is 1.22. The lowest BCUT2D eigenvalue weighted by Crippen LogP contribution is -2.33. The van der Waals surface area contributed by atoms with Crippen LogP contribution in [0, 0.1) is 0 Å². The van der Waals surface area contributed by atoms with Gasteiger partial charge < -0.3 is 5.32 Å². The van der Waals surface area contributed by atoms with E-state index in [0.29, 0.717) is 12.4 Å². The average molecular weight is 295 g/mol. The Morgan fingerprint density at radius 1 is 1.30 bits per heavy atom. The second-order valence-electron chi connectivity index (χ2n) is 4.72. The summed E-state index contributed by atoms with van der Waals surface area (Å²) in [5.41, 5.74) is 0.866. The van der Waals surface area contributed by atoms with Crippen molar-refractivity contribution in [2.24, 2.45) is 0 Å². The molecule has 1 heterocycles. The topological polar surface area (TPSA) is 89.8 Å². The predicted octanol–water partition coefficient (Wildman–Crippen LogP) is 0.185. The van der Waals surface area contributed by atoms with Gasteiger partial charge in [-0.05, 0) is 29.5 Å². The molecule has 0 amide bonds. The van der Waals surface area contributed by atoms with Crippen molar-refractivity contribution in [1.29, 1.82) is 0 Å². The molecule has 1 aromatic heterocycles. The van der Waals surface area contributed by atoms with Crippen LogP contribution in [0.5, 0.6) is 0 Å². The highest BCUT2D eigenvalue weighted by molar-refractivity contribution is 7.90. The van der Waals surface area contributed by atoms with Crippen LogP contribution < -0.4 is 5.32 Å². The van der Waals surface area contributed by atoms with Gasteiger partial charge in [-0.3, -0.25) is 0 Å². The molecule has 8 heteroatoms. The zero-order valence-electron chi connectivity index (χ0n) is 11.4. The van der Waals surface area contributed by atoms with E-state index in [0.717, 1.165) is 5.69 Å². The molecule has 0 aliphatic carbocycles. The van der Waals surface area contributed by atoms with Gasteiger partial charge in [0.1, 0.15) is 9.84 Å². The minimum absolute atomic E-state index is 0.0832. The van der Waals surface area contributed by atoms with Crippen molar-refractivity contribution in [3.05, 3.63) is 36.2 Å². The fourth-order valence-corrected chi connectivity index (χ4v) is 2.89. The number of hydrogen-bond donors (Lipinski definition) is 1. The van der Waals surface area contributed by atoms with Crippen LogP contribution in [-0.2, 0) is 16.4 Å². The zero-order valence-corrected chi connectivity index (χ0v) is 12.2. The van der Waals surface area contributed by atoms with E-state index in [-0.39, 0.29) is 11.8 Å². The van der Waals surface area contributed by atoms with Crippen molar-refractivity contribution in [1.82, 2.24) is 25.5 Å². The highest BCUT2D eigenvalue weighted by Crippen LogP contribution is 2.06. The van der Waals surface area contributed by atoms with Crippen LogP contribution in [0.2, 0.25) is 0 Å². The molecule has 0 radical (unpaired) electrons. The molecule has 0 fully saturated rings. The summed E-state index contributed by atoms with van der Waals surface area (Å²) in [4.78, 5) is 0. The van der Waals surface area contributed by atoms with Gasteiger partial charge >= 0.3 is 0 Å². The third kappa shape index (κ3) is 4.10. The van der Waals surface area contributed by atoms with Gasteiger partial charge in [0.25, 0.3) is 0 Å². The number of nitrogens with zero attached hydrogens (tertiary/aromatic N) is 4. The number of nitrogens with one attached hydrogen (secondary N) is 1. The quantitative estimate of drug-likeness (QED) is 0.818. The number of benzene rings is 1. The minimum atomic E-state index is -3.00. The summed E-state index contributed by atoms with van der Waals surface area (Å²) in [7, 11) is -3.00. The molecule has 7 nitrogen and oxygen atoms in total. The lowest BCUT2D eigenvalue weighted by Gasteiger charge is -2.12. The molecule has 0 saturated heterocycles. The molecule has 2 aromatic rings. The molecular formula is C12H17N5O2S. The van der Waals surface area contributed by atoms with E-state index in [9.17, 15) is 8.42 Å². The number of tetrazole rings is 1. The molecule has 0 spiro atoms. The number of hydrogen-bond acceptors (Lipinski definition) is 6. The third-order valence-electron chi connectivity index (χ3n) is 2.70. The van der Waals surface area contributed by atoms with E-state index in [1.54, 1.807) is 4.68 Å². The first-order valence-corrected chi connectivity index (χ1v) is 8.25. The minimum Gasteiger partial charge on any atom is -0.306 e. The Kier molecular flexibility index (Phi) is 4.46. The van der Waals surface area contributed by atoms with Gasteiger partial charge in [-0.15, -0.1) is 5.10 Å². The normalized spacial score (nSPS) is 13.3. The van der Waals surface area contributed by atoms with Gasteiger partial charge in [-0.25, -0.2) is 8.42 Å². The summed E-state index contributed by atoms with van der Waals surface area (Å²) in [5.74, 6) is 0.719. The second-order valence-corrected chi connectivity index (χ2v) is 6.90. The largest absolute Gasteiger partial charge is 0.306 e. The van der Waals surface area contributed by atoms with Crippen LogP contribution in [0.3, 0.4) is 0 Å². The molecule has 1 atom stereocenters. The maximum Gasteiger partial charge on any atom is 0.170 e. The van der Waals surface area contributed by atoms with E-state index in [1.165, 1.54) is 6.26 Å². The summed E-state index contributed by atoms with van der Waals surface area (Å²) >= 11 is 0. The molecule has 1 unspecified atom stereocenters. The Morgan fingerprint density at radius 3 is 2.65 bits per heavy atom. The fourth-order valence-electron chi connectivity index (χ4n) is 1.86. The van der Waals surface area contributed by atoms with Crippen LogP contribution in [0.4, 0.5) is 0 Å². The molecule has 108 valence electrons. The number of sulfone groups is 1. The van der Waals surface area contributed by atoms with Crippen molar-refractivity contribution in [3.8, 4) is 5.69 Å². The van der Waals surface area contributed by atoms with Gasteiger partial charge in [0, 0.05) is 12.3 Å². The van der Waals surface area contributed by atoms with Gasteiger partial charge in [0.2, 0.25) is 0 Å². The van der Waals surface area contributed by atoms with E-state index in [4.69, 9.17) is 0 Å². The number of para-hydroxylation sites is 1. The van der Waals surface area contributed by atoms with E-state index >= 15 is 0 Å². The molecule has 20 heavy (non-hydrogen) atoms. The lowest BCUT2D eigenvalue weighted by atomic mass is 10.3. The van der Waals surface area contributed by atoms with Crippen LogP contribution in [-0.4, -0.2) is 46.7 Å². The molecular weight excluding hydrogens is 278 g/mol. The summed E-state index contributed by atoms with van der Waals surface area (Å²) in [5, 5.41) is 14.7. The maximum atomic E-state index is 11.2. The van der Waals surface area contributed by atoms with E-state index in [1.807, 2.05) is 37.3 Å². The monoisotopic (exact) mass is 295 g/mol. The van der Waals surface area contributed by atoms with Gasteiger partial charge in [-0.2, -0.15) is 4.68 Å².